The van der Waals surface area contributed by atoms with E-state index in [9.17, 15) is 23.1 Å². The van der Waals surface area contributed by atoms with Gasteiger partial charge in [0.15, 0.2) is 11.6 Å². The van der Waals surface area contributed by atoms with Crippen molar-refractivity contribution in [1.82, 2.24) is 15.1 Å². The number of carbonyl (C=O) groups excluding carboxylic acids is 1. The maximum absolute atomic E-state index is 14.6. The van der Waals surface area contributed by atoms with Gasteiger partial charge in [0.05, 0.1) is 30.0 Å². The minimum absolute atomic E-state index is 0.0153. The average Bonchev–Trinajstić information content (AvgIpc) is 3.19. The van der Waals surface area contributed by atoms with Crippen LogP contribution in [0.3, 0.4) is 0 Å². The number of hydrogen-bond donors (Lipinski definition) is 5. The number of carbonyl (C=O) groups is 2. The second-order valence-electron chi connectivity index (χ2n) is 8.23. The van der Waals surface area contributed by atoms with Crippen LogP contribution in [0.15, 0.2) is 36.4 Å². The number of carboxylic acids is 1. The number of aromatic nitrogens is 2. The number of nitrogens with one attached hydrogen (secondary N) is 3. The predicted molar refractivity (Wildman–Crippen MR) is 135 cm³/mol. The van der Waals surface area contributed by atoms with E-state index in [4.69, 9.17) is 9.90 Å². The largest absolute Gasteiger partial charge is 0.481 e. The monoisotopic (exact) mass is 617 g/mol. The van der Waals surface area contributed by atoms with E-state index in [1.165, 1.54) is 17.0 Å². The van der Waals surface area contributed by atoms with Crippen LogP contribution in [0.5, 0.6) is 0 Å². The van der Waals surface area contributed by atoms with Crippen molar-refractivity contribution in [2.75, 3.05) is 30.3 Å². The molecule has 0 atom stereocenters. The molecule has 0 saturated carbocycles. The minimum atomic E-state index is -1.29. The van der Waals surface area contributed by atoms with Gasteiger partial charge < -0.3 is 25.7 Å². The van der Waals surface area contributed by atoms with Crippen LogP contribution in [-0.4, -0.2) is 62.4 Å². The summed E-state index contributed by atoms with van der Waals surface area (Å²) in [5, 5.41) is 30.3. The van der Waals surface area contributed by atoms with Gasteiger partial charge in [0.25, 0.3) is 11.9 Å². The Bertz CT molecular complexity index is 1280. The number of rotatable bonds is 6. The van der Waals surface area contributed by atoms with Gasteiger partial charge in [-0.25, -0.2) is 13.2 Å². The number of benzene rings is 2. The molecule has 1 amide bonds. The Morgan fingerprint density at radius 3 is 2.42 bits per heavy atom. The van der Waals surface area contributed by atoms with Crippen molar-refractivity contribution in [3.05, 3.63) is 68.7 Å². The number of aliphatic hydroxyl groups is 1. The summed E-state index contributed by atoms with van der Waals surface area (Å²) in [6.45, 7) is 3.04. The number of halogens is 4. The average molecular weight is 617 g/mol. The third-order valence-corrected chi connectivity index (χ3v) is 5.75. The zero-order chi connectivity index (χ0) is 26.6. The fourth-order valence-corrected chi connectivity index (χ4v) is 3.88. The fourth-order valence-electron chi connectivity index (χ4n) is 3.43. The van der Waals surface area contributed by atoms with Crippen molar-refractivity contribution in [3.8, 4) is 0 Å². The van der Waals surface area contributed by atoms with Crippen LogP contribution in [0.4, 0.5) is 30.4 Å². The van der Waals surface area contributed by atoms with E-state index < -0.39 is 40.6 Å². The Hall–Kier alpha value is -3.33. The van der Waals surface area contributed by atoms with Gasteiger partial charge in [0, 0.05) is 28.8 Å². The molecule has 1 aliphatic rings. The molecule has 4 rings (SSSR count). The van der Waals surface area contributed by atoms with Crippen LogP contribution in [0, 0.1) is 27.9 Å². The molecule has 2 aromatic carbocycles. The molecule has 0 unspecified atom stereocenters. The van der Waals surface area contributed by atoms with Gasteiger partial charge >= 0.3 is 0 Å². The summed E-state index contributed by atoms with van der Waals surface area (Å²) in [7, 11) is 0. The molecule has 2 heterocycles. The second kappa shape index (κ2) is 11.2. The van der Waals surface area contributed by atoms with Gasteiger partial charge in [0.2, 0.25) is 0 Å². The molecule has 0 bridgehead atoms. The van der Waals surface area contributed by atoms with Crippen molar-refractivity contribution in [2.24, 2.45) is 0 Å². The molecule has 1 saturated heterocycles. The zero-order valence-electron chi connectivity index (χ0n) is 19.2. The van der Waals surface area contributed by atoms with E-state index in [-0.39, 0.29) is 30.9 Å². The summed E-state index contributed by atoms with van der Waals surface area (Å²) in [4.78, 5) is 23.3. The van der Waals surface area contributed by atoms with Gasteiger partial charge in [-0.2, -0.15) is 5.10 Å². The van der Waals surface area contributed by atoms with E-state index in [1.807, 2.05) is 29.5 Å². The fraction of sp³-hybridized carbons (Fsp3) is 0.261. The zero-order valence-corrected chi connectivity index (χ0v) is 21.4. The van der Waals surface area contributed by atoms with Crippen molar-refractivity contribution in [2.45, 2.75) is 19.4 Å². The Kier molecular flexibility index (Phi) is 8.45. The highest BCUT2D eigenvalue weighted by Crippen LogP contribution is 2.31. The van der Waals surface area contributed by atoms with E-state index in [0.717, 1.165) is 24.8 Å². The van der Waals surface area contributed by atoms with Crippen LogP contribution in [0.2, 0.25) is 0 Å². The molecular weight excluding hydrogens is 594 g/mol. The number of likely N-dealkylation sites (tertiary alicyclic amines) is 1. The summed E-state index contributed by atoms with van der Waals surface area (Å²) in [6.07, 6.45) is 0. The van der Waals surface area contributed by atoms with Crippen LogP contribution >= 0.6 is 22.6 Å². The van der Waals surface area contributed by atoms with Gasteiger partial charge in [-0.05, 0) is 59.8 Å². The quantitative estimate of drug-likeness (QED) is 0.266. The number of aliphatic carboxylic acids is 1. The number of amides is 1. The van der Waals surface area contributed by atoms with Crippen LogP contribution < -0.4 is 10.6 Å². The number of aryl methyl sites for hydroxylation is 1. The summed E-state index contributed by atoms with van der Waals surface area (Å²) in [6, 6.07) is 7.94. The highest BCUT2D eigenvalue weighted by molar-refractivity contribution is 14.1. The molecule has 1 fully saturated rings. The molecule has 9 nitrogen and oxygen atoms in total. The van der Waals surface area contributed by atoms with Crippen LogP contribution in [0.25, 0.3) is 0 Å². The number of carboxylic acid groups (broad SMARTS) is 1. The molecule has 1 aromatic heterocycles. The summed E-state index contributed by atoms with van der Waals surface area (Å²) < 4.78 is 43.3. The summed E-state index contributed by atoms with van der Waals surface area (Å²) >= 11 is 1.92. The highest BCUT2D eigenvalue weighted by Gasteiger charge is 2.44. The lowest BCUT2D eigenvalue weighted by atomic mass is 9.92. The first-order valence-corrected chi connectivity index (χ1v) is 11.6. The lowest BCUT2D eigenvalue weighted by molar-refractivity contribution is -0.134. The first-order chi connectivity index (χ1) is 16.9. The highest BCUT2D eigenvalue weighted by atomic mass is 127. The molecule has 0 aliphatic carbocycles. The van der Waals surface area contributed by atoms with E-state index in [2.05, 4.69) is 20.8 Å². The summed E-state index contributed by atoms with van der Waals surface area (Å²) in [5.41, 5.74) is -1.07. The molecule has 0 radical (unpaired) electrons. The second-order valence-corrected chi connectivity index (χ2v) is 9.47. The van der Waals surface area contributed by atoms with E-state index in [1.54, 1.807) is 12.1 Å². The number of anilines is 3. The SMILES string of the molecule is CC(=O)O.Cc1cc(NCC2(O)CN(C(=O)c3ccc(F)c(F)c3Nc3ccc(I)cc3F)C2)n[nH]1. The van der Waals surface area contributed by atoms with E-state index in [0.29, 0.717) is 9.39 Å². The normalized spacial score (nSPS) is 13.8. The molecule has 192 valence electrons. The molecular formula is C23H23F3IN5O4. The Balaban J connectivity index is 0.000000840. The Morgan fingerprint density at radius 1 is 1.17 bits per heavy atom. The molecule has 13 heteroatoms. The van der Waals surface area contributed by atoms with Crippen molar-refractivity contribution >= 4 is 51.7 Å². The smallest absolute Gasteiger partial charge is 0.300 e. The number of H-pyrrole nitrogens is 1. The van der Waals surface area contributed by atoms with Crippen molar-refractivity contribution in [1.29, 1.82) is 0 Å². The topological polar surface area (TPSA) is 131 Å². The molecule has 3 aromatic rings. The molecule has 36 heavy (non-hydrogen) atoms. The van der Waals surface area contributed by atoms with Crippen LogP contribution in [-0.2, 0) is 4.79 Å². The Labute approximate surface area is 217 Å². The van der Waals surface area contributed by atoms with Gasteiger partial charge in [0.1, 0.15) is 17.2 Å². The number of nitrogens with zero attached hydrogens (tertiary/aromatic N) is 2. The third-order valence-electron chi connectivity index (χ3n) is 5.08. The van der Waals surface area contributed by atoms with Crippen molar-refractivity contribution in [3.63, 3.8) is 0 Å². The lowest BCUT2D eigenvalue weighted by Crippen LogP contribution is -2.66. The minimum Gasteiger partial charge on any atom is -0.481 e. The van der Waals surface area contributed by atoms with Gasteiger partial charge in [-0.3, -0.25) is 14.7 Å². The molecule has 0 spiro atoms. The molecule has 1 aliphatic heterocycles. The molecule has 5 N–H and O–H groups in total. The predicted octanol–water partition coefficient (Wildman–Crippen LogP) is 3.87. The third kappa shape index (κ3) is 6.66. The first kappa shape index (κ1) is 27.3. The summed E-state index contributed by atoms with van der Waals surface area (Å²) in [5.74, 6) is -4.02. The first-order valence-electron chi connectivity index (χ1n) is 10.6. The van der Waals surface area contributed by atoms with Crippen LogP contribution in [0.1, 0.15) is 23.0 Å². The standard InChI is InChI=1S/C21H19F3IN5O2.C2H4O2/c1-11-6-17(29-28-11)26-8-21(32)9-30(10-21)20(31)13-3-4-14(22)18(24)19(13)27-16-5-2-12(25)7-15(16)23;1-2(3)4/h2-7,27,32H,8-10H2,1H3,(H2,26,28,29);1H3,(H,3,4). The maximum Gasteiger partial charge on any atom is 0.300 e. The number of β-amino-alcohol motifs (C(OH)–C–C–N with tert-alkyl or cyclic N) is 1. The lowest BCUT2D eigenvalue weighted by Gasteiger charge is -2.46. The van der Waals surface area contributed by atoms with E-state index >= 15 is 0 Å². The van der Waals surface area contributed by atoms with Gasteiger partial charge in [-0.15, -0.1) is 0 Å². The Morgan fingerprint density at radius 2 is 1.83 bits per heavy atom. The number of aromatic amines is 1. The maximum atomic E-state index is 14.6. The van der Waals surface area contributed by atoms with Crippen molar-refractivity contribution < 1.29 is 33.0 Å². The van der Waals surface area contributed by atoms with Gasteiger partial charge in [-0.1, -0.05) is 0 Å². The number of hydrogen-bond acceptors (Lipinski definition) is 6.